The predicted octanol–water partition coefficient (Wildman–Crippen LogP) is 2.41. The Bertz CT molecular complexity index is 297. The number of hydrogen-bond acceptors (Lipinski definition) is 2. The highest BCUT2D eigenvalue weighted by atomic mass is 79.9. The number of likely N-dealkylation sites (N-methyl/N-ethyl adjacent to an activating group) is 1. The fraction of sp³-hybridized carbons (Fsp3) is 0.857. The van der Waals surface area contributed by atoms with Crippen LogP contribution in [0.25, 0.3) is 0 Å². The summed E-state index contributed by atoms with van der Waals surface area (Å²) in [7, 11) is 1.69. The molecule has 2 amide bonds. The molecule has 0 aromatic heterocycles. The van der Waals surface area contributed by atoms with Gasteiger partial charge in [0.1, 0.15) is 0 Å². The van der Waals surface area contributed by atoms with Crippen molar-refractivity contribution >= 4 is 27.7 Å². The SMILES string of the molecule is CN1CCN(CCCCCCCCCBr)C(=O)C1=O. The molecular formula is C14H25BrN2O2. The molecule has 0 spiro atoms. The molecule has 5 heteroatoms. The van der Waals surface area contributed by atoms with Crippen molar-refractivity contribution in [2.45, 2.75) is 44.9 Å². The number of rotatable bonds is 9. The number of alkyl halides is 1. The maximum absolute atomic E-state index is 11.7. The summed E-state index contributed by atoms with van der Waals surface area (Å²) in [5, 5.41) is 1.10. The van der Waals surface area contributed by atoms with Gasteiger partial charge in [0.05, 0.1) is 0 Å². The molecule has 1 heterocycles. The van der Waals surface area contributed by atoms with Gasteiger partial charge >= 0.3 is 11.8 Å². The van der Waals surface area contributed by atoms with Crippen molar-refractivity contribution in [3.8, 4) is 0 Å². The van der Waals surface area contributed by atoms with Gasteiger partial charge in [0.25, 0.3) is 0 Å². The molecule has 0 unspecified atom stereocenters. The third-order valence-corrected chi connectivity index (χ3v) is 4.14. The molecular weight excluding hydrogens is 308 g/mol. The van der Waals surface area contributed by atoms with Gasteiger partial charge < -0.3 is 9.80 Å². The Balaban J connectivity index is 2.03. The highest BCUT2D eigenvalue weighted by molar-refractivity contribution is 9.09. The van der Waals surface area contributed by atoms with E-state index >= 15 is 0 Å². The van der Waals surface area contributed by atoms with E-state index in [1.165, 1.54) is 37.0 Å². The lowest BCUT2D eigenvalue weighted by Gasteiger charge is -2.31. The minimum absolute atomic E-state index is 0.328. The number of carbonyl (C=O) groups excluding carboxylic acids is 2. The first-order valence-electron chi connectivity index (χ1n) is 7.27. The van der Waals surface area contributed by atoms with Crippen LogP contribution in [0.5, 0.6) is 0 Å². The fourth-order valence-corrected chi connectivity index (χ4v) is 2.66. The second-order valence-corrected chi connectivity index (χ2v) is 5.98. The zero-order valence-electron chi connectivity index (χ0n) is 11.9. The standard InChI is InChI=1S/C14H25BrN2O2/c1-16-11-12-17(14(19)13(16)18)10-8-6-4-2-3-5-7-9-15/h2-12H2,1H3. The third kappa shape index (κ3) is 5.93. The summed E-state index contributed by atoms with van der Waals surface area (Å²) in [5.41, 5.74) is 0. The maximum Gasteiger partial charge on any atom is 0.312 e. The summed E-state index contributed by atoms with van der Waals surface area (Å²) in [6, 6.07) is 0. The van der Waals surface area contributed by atoms with E-state index in [4.69, 9.17) is 0 Å². The number of piperazine rings is 1. The van der Waals surface area contributed by atoms with E-state index in [9.17, 15) is 9.59 Å². The van der Waals surface area contributed by atoms with Gasteiger partial charge in [-0.3, -0.25) is 9.59 Å². The molecule has 4 nitrogen and oxygen atoms in total. The van der Waals surface area contributed by atoms with Crippen molar-refractivity contribution in [3.05, 3.63) is 0 Å². The zero-order valence-corrected chi connectivity index (χ0v) is 13.5. The molecule has 19 heavy (non-hydrogen) atoms. The monoisotopic (exact) mass is 332 g/mol. The first-order chi connectivity index (χ1) is 9.16. The van der Waals surface area contributed by atoms with Crippen LogP contribution in [-0.4, -0.2) is 53.6 Å². The number of nitrogens with zero attached hydrogens (tertiary/aromatic N) is 2. The Morgan fingerprint density at radius 1 is 0.895 bits per heavy atom. The molecule has 0 aromatic rings. The van der Waals surface area contributed by atoms with Crippen LogP contribution in [0.4, 0.5) is 0 Å². The van der Waals surface area contributed by atoms with Crippen LogP contribution >= 0.6 is 15.9 Å². The molecule has 0 N–H and O–H groups in total. The molecule has 1 rings (SSSR count). The Hall–Kier alpha value is -0.580. The van der Waals surface area contributed by atoms with Crippen LogP contribution < -0.4 is 0 Å². The highest BCUT2D eigenvalue weighted by Gasteiger charge is 2.29. The van der Waals surface area contributed by atoms with Gasteiger partial charge in [0.15, 0.2) is 0 Å². The molecule has 0 bridgehead atoms. The average molecular weight is 333 g/mol. The summed E-state index contributed by atoms with van der Waals surface area (Å²) in [5.74, 6) is -0.688. The van der Waals surface area contributed by atoms with E-state index in [0.717, 1.165) is 24.7 Å². The lowest BCUT2D eigenvalue weighted by atomic mass is 10.1. The lowest BCUT2D eigenvalue weighted by Crippen LogP contribution is -2.52. The summed E-state index contributed by atoms with van der Waals surface area (Å²) in [6.45, 7) is 2.09. The molecule has 1 aliphatic heterocycles. The minimum Gasteiger partial charge on any atom is -0.336 e. The van der Waals surface area contributed by atoms with E-state index in [1.807, 2.05) is 0 Å². The van der Waals surface area contributed by atoms with Crippen LogP contribution in [0, 0.1) is 0 Å². The Morgan fingerprint density at radius 2 is 1.47 bits per heavy atom. The van der Waals surface area contributed by atoms with Crippen molar-refractivity contribution in [2.75, 3.05) is 32.0 Å². The first kappa shape index (κ1) is 16.5. The van der Waals surface area contributed by atoms with Crippen LogP contribution in [-0.2, 0) is 9.59 Å². The van der Waals surface area contributed by atoms with Gasteiger partial charge in [-0.05, 0) is 12.8 Å². The Kier molecular flexibility index (Phi) is 8.10. The predicted molar refractivity (Wildman–Crippen MR) is 80.3 cm³/mol. The number of hydrogen-bond donors (Lipinski definition) is 0. The van der Waals surface area contributed by atoms with Gasteiger partial charge in [0, 0.05) is 32.0 Å². The third-order valence-electron chi connectivity index (χ3n) is 3.58. The van der Waals surface area contributed by atoms with E-state index < -0.39 is 0 Å². The van der Waals surface area contributed by atoms with Gasteiger partial charge in [-0.15, -0.1) is 0 Å². The second kappa shape index (κ2) is 9.34. The molecule has 0 atom stereocenters. The number of unbranched alkanes of at least 4 members (excludes halogenated alkanes) is 6. The molecule has 110 valence electrons. The molecule has 0 radical (unpaired) electrons. The Morgan fingerprint density at radius 3 is 2.11 bits per heavy atom. The van der Waals surface area contributed by atoms with E-state index in [0.29, 0.717) is 13.1 Å². The minimum atomic E-state index is -0.360. The highest BCUT2D eigenvalue weighted by Crippen LogP contribution is 2.10. The van der Waals surface area contributed by atoms with E-state index in [2.05, 4.69) is 15.9 Å². The van der Waals surface area contributed by atoms with Crippen molar-refractivity contribution in [3.63, 3.8) is 0 Å². The topological polar surface area (TPSA) is 40.6 Å². The van der Waals surface area contributed by atoms with Crippen LogP contribution in [0.3, 0.4) is 0 Å². The van der Waals surface area contributed by atoms with Crippen molar-refractivity contribution in [2.24, 2.45) is 0 Å². The fourth-order valence-electron chi connectivity index (χ4n) is 2.27. The number of carbonyl (C=O) groups is 2. The van der Waals surface area contributed by atoms with Gasteiger partial charge in [-0.1, -0.05) is 48.0 Å². The molecule has 0 aliphatic carbocycles. The van der Waals surface area contributed by atoms with Crippen molar-refractivity contribution in [1.82, 2.24) is 9.80 Å². The largest absolute Gasteiger partial charge is 0.336 e. The second-order valence-electron chi connectivity index (χ2n) is 5.18. The van der Waals surface area contributed by atoms with Crippen LogP contribution in [0.2, 0.25) is 0 Å². The van der Waals surface area contributed by atoms with E-state index in [-0.39, 0.29) is 11.8 Å². The average Bonchev–Trinajstić information content (AvgIpc) is 2.41. The quantitative estimate of drug-likeness (QED) is 0.369. The first-order valence-corrected chi connectivity index (χ1v) is 8.39. The molecule has 1 fully saturated rings. The summed E-state index contributed by atoms with van der Waals surface area (Å²) >= 11 is 3.43. The van der Waals surface area contributed by atoms with Crippen LogP contribution in [0.15, 0.2) is 0 Å². The van der Waals surface area contributed by atoms with Gasteiger partial charge in [0.2, 0.25) is 0 Å². The van der Waals surface area contributed by atoms with E-state index in [1.54, 1.807) is 11.9 Å². The maximum atomic E-state index is 11.7. The molecule has 1 aliphatic rings. The summed E-state index contributed by atoms with van der Waals surface area (Å²) < 4.78 is 0. The van der Waals surface area contributed by atoms with Gasteiger partial charge in [-0.25, -0.2) is 0 Å². The van der Waals surface area contributed by atoms with Crippen molar-refractivity contribution in [1.29, 1.82) is 0 Å². The Labute approximate surface area is 124 Å². The normalized spacial score (nSPS) is 16.3. The number of halogens is 1. The lowest BCUT2D eigenvalue weighted by molar-refractivity contribution is -0.154. The van der Waals surface area contributed by atoms with Crippen molar-refractivity contribution < 1.29 is 9.59 Å². The van der Waals surface area contributed by atoms with Gasteiger partial charge in [-0.2, -0.15) is 0 Å². The van der Waals surface area contributed by atoms with Crippen LogP contribution in [0.1, 0.15) is 44.9 Å². The number of amides is 2. The summed E-state index contributed by atoms with van der Waals surface area (Å²) in [6.07, 6.45) is 8.55. The summed E-state index contributed by atoms with van der Waals surface area (Å²) in [4.78, 5) is 26.4. The smallest absolute Gasteiger partial charge is 0.312 e. The molecule has 1 saturated heterocycles. The zero-order chi connectivity index (χ0) is 14.1. The molecule has 0 saturated carbocycles. The molecule has 0 aromatic carbocycles.